The molecule has 1 atom stereocenters. The minimum atomic E-state index is -1.17. The number of aryl methyl sites for hydroxylation is 1. The second-order valence-electron chi connectivity index (χ2n) is 14.1. The SMILES string of the molecule is Cc1nc2c(F)cc(-c3nc(Nc4ccc(N5CCN(Cc6cc(F)c7c(c6)C(=O)N(C6CCC(=O)NC6=O)C7=O)CC5)cn4)ncc3F)cc2n1C(C)C. The molecular weight excluding hydrogens is 717 g/mol. The van der Waals surface area contributed by atoms with E-state index in [9.17, 15) is 19.2 Å². The number of anilines is 3. The number of carbonyl (C=O) groups excluding carboxylic acids is 4. The Morgan fingerprint density at radius 2 is 1.67 bits per heavy atom. The predicted molar refractivity (Wildman–Crippen MR) is 194 cm³/mol. The number of piperidine rings is 1. The molecule has 2 saturated heterocycles. The molecule has 6 heterocycles. The Hall–Kier alpha value is -6.23. The average molecular weight is 753 g/mol. The highest BCUT2D eigenvalue weighted by Gasteiger charge is 2.46. The number of rotatable bonds is 8. The summed E-state index contributed by atoms with van der Waals surface area (Å²) in [6.07, 6.45) is 2.67. The quantitative estimate of drug-likeness (QED) is 0.213. The van der Waals surface area contributed by atoms with Gasteiger partial charge in [-0.05, 0) is 69.2 Å². The fourth-order valence-electron chi connectivity index (χ4n) is 7.57. The van der Waals surface area contributed by atoms with Gasteiger partial charge in [0.15, 0.2) is 11.6 Å². The highest BCUT2D eigenvalue weighted by Crippen LogP contribution is 2.33. The number of nitrogens with one attached hydrogen (secondary N) is 2. The maximum absolute atomic E-state index is 15.3. The van der Waals surface area contributed by atoms with E-state index in [1.54, 1.807) is 25.3 Å². The zero-order chi connectivity index (χ0) is 38.7. The predicted octanol–water partition coefficient (Wildman–Crippen LogP) is 4.66. The van der Waals surface area contributed by atoms with Gasteiger partial charge in [-0.2, -0.15) is 0 Å². The molecule has 1 unspecified atom stereocenters. The van der Waals surface area contributed by atoms with E-state index < -0.39 is 47.1 Å². The van der Waals surface area contributed by atoms with Gasteiger partial charge >= 0.3 is 0 Å². The van der Waals surface area contributed by atoms with Gasteiger partial charge in [-0.25, -0.2) is 33.1 Å². The van der Waals surface area contributed by atoms with Crippen LogP contribution in [0.4, 0.5) is 30.6 Å². The van der Waals surface area contributed by atoms with E-state index in [2.05, 4.69) is 40.4 Å². The molecule has 5 aromatic rings. The lowest BCUT2D eigenvalue weighted by atomic mass is 10.0. The Labute approximate surface area is 312 Å². The van der Waals surface area contributed by atoms with Crippen molar-refractivity contribution in [2.75, 3.05) is 36.4 Å². The van der Waals surface area contributed by atoms with Crippen LogP contribution in [0.15, 0.2) is 48.8 Å². The number of fused-ring (bicyclic) bond motifs is 2. The second kappa shape index (κ2) is 13.9. The molecule has 3 aliphatic heterocycles. The van der Waals surface area contributed by atoms with Gasteiger partial charge in [0.05, 0.1) is 34.7 Å². The highest BCUT2D eigenvalue weighted by molar-refractivity contribution is 6.23. The van der Waals surface area contributed by atoms with Gasteiger partial charge < -0.3 is 14.8 Å². The first-order valence-electron chi connectivity index (χ1n) is 17.8. The van der Waals surface area contributed by atoms with Crippen molar-refractivity contribution in [3.05, 3.63) is 88.8 Å². The molecule has 0 radical (unpaired) electrons. The topological polar surface area (TPSA) is 159 Å². The van der Waals surface area contributed by atoms with Crippen LogP contribution in [-0.4, -0.2) is 90.2 Å². The molecule has 2 fully saturated rings. The zero-order valence-electron chi connectivity index (χ0n) is 30.1. The van der Waals surface area contributed by atoms with Gasteiger partial charge in [-0.1, -0.05) is 0 Å². The number of amides is 4. The molecule has 0 aliphatic carbocycles. The van der Waals surface area contributed by atoms with E-state index in [1.165, 1.54) is 18.2 Å². The standard InChI is InChI=1S/C38H35F3N10O4/c1-19(2)50-20(3)44-34-26(40)14-22(15-29(34)50)33-27(41)17-43-38(47-33)45-30-6-4-23(16-42-30)49-10-8-48(9-11-49)18-21-12-24-32(25(39)13-21)37(55)51(36(24)54)28-5-7-31(52)46-35(28)53/h4,6,12-17,19,28H,5,7-11,18H2,1-3H3,(H,46,52,53)(H,42,43,45,47). The molecule has 3 aliphatic rings. The van der Waals surface area contributed by atoms with E-state index in [-0.39, 0.29) is 52.7 Å². The summed E-state index contributed by atoms with van der Waals surface area (Å²) in [5.74, 6) is -3.85. The van der Waals surface area contributed by atoms with Crippen LogP contribution in [-0.2, 0) is 16.1 Å². The van der Waals surface area contributed by atoms with Crippen molar-refractivity contribution in [1.29, 1.82) is 0 Å². The number of benzene rings is 2. The lowest BCUT2D eigenvalue weighted by Gasteiger charge is -2.36. The van der Waals surface area contributed by atoms with Crippen LogP contribution in [0.25, 0.3) is 22.3 Å². The van der Waals surface area contributed by atoms with Crippen LogP contribution >= 0.6 is 0 Å². The van der Waals surface area contributed by atoms with E-state index in [1.807, 2.05) is 24.5 Å². The fraction of sp³-hybridized carbons (Fsp3) is 0.316. The zero-order valence-corrected chi connectivity index (χ0v) is 30.1. The van der Waals surface area contributed by atoms with Gasteiger partial charge in [0.2, 0.25) is 17.8 Å². The first-order chi connectivity index (χ1) is 26.4. The summed E-state index contributed by atoms with van der Waals surface area (Å²) in [6.45, 7) is 8.54. The molecule has 0 bridgehead atoms. The molecule has 55 heavy (non-hydrogen) atoms. The maximum Gasteiger partial charge on any atom is 0.265 e. The fourth-order valence-corrected chi connectivity index (χ4v) is 7.57. The average Bonchev–Trinajstić information content (AvgIpc) is 3.62. The number of pyridine rings is 1. The number of nitrogens with zero attached hydrogens (tertiary/aromatic N) is 8. The smallest absolute Gasteiger partial charge is 0.265 e. The van der Waals surface area contributed by atoms with Crippen molar-refractivity contribution < 1.29 is 32.3 Å². The molecule has 14 nitrogen and oxygen atoms in total. The molecule has 0 saturated carbocycles. The summed E-state index contributed by atoms with van der Waals surface area (Å²) in [7, 11) is 0. The van der Waals surface area contributed by atoms with Crippen LogP contribution in [0.1, 0.15) is 64.8 Å². The van der Waals surface area contributed by atoms with Gasteiger partial charge in [0.1, 0.15) is 34.7 Å². The molecule has 3 aromatic heterocycles. The summed E-state index contributed by atoms with van der Waals surface area (Å²) in [6, 6.07) is 8.09. The Morgan fingerprint density at radius 1 is 0.891 bits per heavy atom. The third-order valence-corrected chi connectivity index (χ3v) is 10.1. The molecular formula is C38H35F3N10O4. The summed E-state index contributed by atoms with van der Waals surface area (Å²) >= 11 is 0. The van der Waals surface area contributed by atoms with E-state index in [0.717, 1.165) is 16.8 Å². The molecule has 17 heteroatoms. The van der Waals surface area contributed by atoms with Crippen LogP contribution in [0.2, 0.25) is 0 Å². The molecule has 282 valence electrons. The Morgan fingerprint density at radius 3 is 2.38 bits per heavy atom. The lowest BCUT2D eigenvalue weighted by molar-refractivity contribution is -0.136. The first kappa shape index (κ1) is 35.8. The van der Waals surface area contributed by atoms with Crippen LogP contribution in [0.5, 0.6) is 0 Å². The normalized spacial score (nSPS) is 17.8. The largest absolute Gasteiger partial charge is 0.368 e. The summed E-state index contributed by atoms with van der Waals surface area (Å²) < 4.78 is 47.3. The first-order valence-corrected chi connectivity index (χ1v) is 17.8. The lowest BCUT2D eigenvalue weighted by Crippen LogP contribution is -2.54. The number of imidazole rings is 1. The van der Waals surface area contributed by atoms with Gasteiger partial charge in [0, 0.05) is 50.7 Å². The molecule has 0 spiro atoms. The van der Waals surface area contributed by atoms with Crippen molar-refractivity contribution >= 4 is 52.1 Å². The monoisotopic (exact) mass is 752 g/mol. The van der Waals surface area contributed by atoms with Gasteiger partial charge in [0.25, 0.3) is 11.8 Å². The van der Waals surface area contributed by atoms with Crippen molar-refractivity contribution in [2.45, 2.75) is 52.2 Å². The number of hydrogen-bond acceptors (Lipinski definition) is 11. The number of imide groups is 2. The van der Waals surface area contributed by atoms with Crippen LogP contribution < -0.4 is 15.5 Å². The minimum Gasteiger partial charge on any atom is -0.368 e. The molecule has 2 aromatic carbocycles. The van der Waals surface area contributed by atoms with E-state index in [4.69, 9.17) is 0 Å². The van der Waals surface area contributed by atoms with Crippen molar-refractivity contribution in [1.82, 2.24) is 39.6 Å². The van der Waals surface area contributed by atoms with E-state index in [0.29, 0.717) is 55.4 Å². The maximum atomic E-state index is 15.3. The van der Waals surface area contributed by atoms with E-state index >= 15 is 13.2 Å². The third-order valence-electron chi connectivity index (χ3n) is 10.1. The number of aromatic nitrogens is 5. The summed E-state index contributed by atoms with van der Waals surface area (Å²) in [4.78, 5) is 72.5. The van der Waals surface area contributed by atoms with Crippen molar-refractivity contribution in [2.24, 2.45) is 0 Å². The number of hydrogen-bond donors (Lipinski definition) is 2. The van der Waals surface area contributed by atoms with Crippen LogP contribution in [0, 0.1) is 24.4 Å². The molecule has 4 amide bonds. The highest BCUT2D eigenvalue weighted by atomic mass is 19.1. The third kappa shape index (κ3) is 6.53. The van der Waals surface area contributed by atoms with Crippen molar-refractivity contribution in [3.8, 4) is 11.3 Å². The minimum absolute atomic E-state index is 0.0107. The Kier molecular flexibility index (Phi) is 9.03. The summed E-state index contributed by atoms with van der Waals surface area (Å²) in [5, 5.41) is 5.13. The summed E-state index contributed by atoms with van der Waals surface area (Å²) in [5.41, 5.74) is 1.84. The second-order valence-corrected chi connectivity index (χ2v) is 14.1. The van der Waals surface area contributed by atoms with Crippen LogP contribution in [0.3, 0.4) is 0 Å². The van der Waals surface area contributed by atoms with Crippen molar-refractivity contribution in [3.63, 3.8) is 0 Å². The molecule has 2 N–H and O–H groups in total. The number of piperazine rings is 1. The number of carbonyl (C=O) groups is 4. The number of halogens is 3. The molecule has 8 rings (SSSR count). The van der Waals surface area contributed by atoms with Gasteiger partial charge in [-0.3, -0.25) is 34.3 Å². The Balaban J connectivity index is 0.905. The van der Waals surface area contributed by atoms with Gasteiger partial charge in [-0.15, -0.1) is 0 Å². The Bertz CT molecular complexity index is 2410.